The smallest absolute Gasteiger partial charge is 0.255 e. The lowest BCUT2D eigenvalue weighted by molar-refractivity contribution is 0.102. The van der Waals surface area contributed by atoms with Gasteiger partial charge in [-0.2, -0.15) is 0 Å². The Morgan fingerprint density at radius 3 is 2.63 bits per heavy atom. The molecule has 1 amide bonds. The molecule has 1 fully saturated rings. The van der Waals surface area contributed by atoms with Crippen LogP contribution < -0.4 is 10.2 Å². The number of hydrogen-bond acceptors (Lipinski definition) is 5. The minimum absolute atomic E-state index is 0.00166. The zero-order valence-corrected chi connectivity index (χ0v) is 15.1. The summed E-state index contributed by atoms with van der Waals surface area (Å²) in [7, 11) is -1.41. The highest BCUT2D eigenvalue weighted by Crippen LogP contribution is 2.23. The highest BCUT2D eigenvalue weighted by molar-refractivity contribution is 7.91. The summed E-state index contributed by atoms with van der Waals surface area (Å²) < 4.78 is 63.2. The Bertz CT molecular complexity index is 998. The predicted octanol–water partition coefficient (Wildman–Crippen LogP) is 2.37. The third-order valence-electron chi connectivity index (χ3n) is 4.41. The van der Waals surface area contributed by atoms with Gasteiger partial charge in [0.05, 0.1) is 17.2 Å². The molecular formula is C17H16F3N3O3S. The molecule has 0 aliphatic carbocycles. The Kier molecular flexibility index (Phi) is 5.09. The maximum atomic E-state index is 13.7. The van der Waals surface area contributed by atoms with Gasteiger partial charge in [-0.25, -0.2) is 26.6 Å². The molecule has 2 aromatic rings. The number of sulfone groups is 1. The highest BCUT2D eigenvalue weighted by Gasteiger charge is 2.31. The van der Waals surface area contributed by atoms with E-state index in [2.05, 4.69) is 10.3 Å². The van der Waals surface area contributed by atoms with Crippen molar-refractivity contribution in [1.29, 1.82) is 0 Å². The molecule has 0 saturated carbocycles. The Morgan fingerprint density at radius 1 is 1.22 bits per heavy atom. The summed E-state index contributed by atoms with van der Waals surface area (Å²) in [5.41, 5.74) is -0.385. The second kappa shape index (κ2) is 7.18. The molecule has 1 aromatic heterocycles. The van der Waals surface area contributed by atoms with Gasteiger partial charge in [0.1, 0.15) is 5.82 Å². The van der Waals surface area contributed by atoms with Gasteiger partial charge < -0.3 is 10.2 Å². The molecule has 27 heavy (non-hydrogen) atoms. The lowest BCUT2D eigenvalue weighted by atomic mass is 10.2. The number of hydrogen-bond donors (Lipinski definition) is 1. The van der Waals surface area contributed by atoms with E-state index in [-0.39, 0.29) is 23.1 Å². The lowest BCUT2D eigenvalue weighted by Gasteiger charge is -2.24. The molecule has 3 rings (SSSR count). The quantitative estimate of drug-likeness (QED) is 0.799. The number of rotatable bonds is 4. The van der Waals surface area contributed by atoms with Crippen molar-refractivity contribution in [3.05, 3.63) is 53.5 Å². The fourth-order valence-electron chi connectivity index (χ4n) is 2.84. The number of halogens is 3. The van der Waals surface area contributed by atoms with Crippen LogP contribution >= 0.6 is 0 Å². The molecule has 1 N–H and O–H groups in total. The van der Waals surface area contributed by atoms with Gasteiger partial charge in [-0.15, -0.1) is 0 Å². The van der Waals surface area contributed by atoms with Crippen LogP contribution in [0.1, 0.15) is 16.8 Å². The molecule has 144 valence electrons. The third kappa shape index (κ3) is 4.05. The average molecular weight is 399 g/mol. The third-order valence-corrected chi connectivity index (χ3v) is 6.16. The summed E-state index contributed by atoms with van der Waals surface area (Å²) in [6.45, 7) is 0. The minimum Gasteiger partial charge on any atom is -0.356 e. The fourth-order valence-corrected chi connectivity index (χ4v) is 4.61. The second-order valence-corrected chi connectivity index (χ2v) is 8.48. The number of carbonyl (C=O) groups is 1. The van der Waals surface area contributed by atoms with E-state index in [1.165, 1.54) is 18.3 Å². The van der Waals surface area contributed by atoms with E-state index >= 15 is 0 Å². The minimum atomic E-state index is -3.08. The average Bonchev–Trinajstić information content (AvgIpc) is 3.01. The topological polar surface area (TPSA) is 79.4 Å². The molecule has 6 nitrogen and oxygen atoms in total. The summed E-state index contributed by atoms with van der Waals surface area (Å²) in [5.74, 6) is -4.80. The molecule has 1 aliphatic heterocycles. The normalized spacial score (nSPS) is 18.3. The van der Waals surface area contributed by atoms with Crippen LogP contribution in [-0.4, -0.2) is 43.9 Å². The number of amides is 1. The molecule has 2 heterocycles. The van der Waals surface area contributed by atoms with Crippen molar-refractivity contribution in [2.75, 3.05) is 28.8 Å². The van der Waals surface area contributed by atoms with Gasteiger partial charge in [0.15, 0.2) is 27.3 Å². The molecule has 10 heteroatoms. The van der Waals surface area contributed by atoms with Crippen molar-refractivity contribution < 1.29 is 26.4 Å². The molecule has 0 spiro atoms. The molecule has 0 radical (unpaired) electrons. The van der Waals surface area contributed by atoms with E-state index in [1.54, 1.807) is 11.9 Å². The maximum absolute atomic E-state index is 13.7. The first-order valence-corrected chi connectivity index (χ1v) is 9.84. The van der Waals surface area contributed by atoms with E-state index in [1.807, 2.05) is 0 Å². The van der Waals surface area contributed by atoms with Crippen LogP contribution in [0.15, 0.2) is 30.5 Å². The number of nitrogens with zero attached hydrogens (tertiary/aromatic N) is 2. The number of aromatic nitrogens is 1. The Hall–Kier alpha value is -2.62. The van der Waals surface area contributed by atoms with E-state index in [0.717, 1.165) is 6.07 Å². The van der Waals surface area contributed by atoms with Gasteiger partial charge in [-0.3, -0.25) is 4.79 Å². The van der Waals surface area contributed by atoms with Crippen molar-refractivity contribution >= 4 is 27.2 Å². The SMILES string of the molecule is CN(c1cc(C(=O)Nc2ccc(F)c(F)c2F)ccn1)C1CCS(=O)(=O)C1. The summed E-state index contributed by atoms with van der Waals surface area (Å²) in [6.07, 6.45) is 1.81. The first-order valence-electron chi connectivity index (χ1n) is 8.02. The Balaban J connectivity index is 1.79. The summed E-state index contributed by atoms with van der Waals surface area (Å²) in [5, 5.41) is 2.18. The van der Waals surface area contributed by atoms with Crippen LogP contribution in [0, 0.1) is 17.5 Å². The van der Waals surface area contributed by atoms with E-state index in [0.29, 0.717) is 18.3 Å². The fraction of sp³-hybridized carbons (Fsp3) is 0.294. The van der Waals surface area contributed by atoms with Crippen molar-refractivity contribution in [1.82, 2.24) is 4.98 Å². The molecule has 1 unspecified atom stereocenters. The monoisotopic (exact) mass is 399 g/mol. The van der Waals surface area contributed by atoms with Gasteiger partial charge in [0.2, 0.25) is 0 Å². The zero-order valence-electron chi connectivity index (χ0n) is 14.2. The highest BCUT2D eigenvalue weighted by atomic mass is 32.2. The van der Waals surface area contributed by atoms with Crippen molar-refractivity contribution in [2.45, 2.75) is 12.5 Å². The van der Waals surface area contributed by atoms with Crippen LogP contribution in [-0.2, 0) is 9.84 Å². The number of anilines is 2. The number of benzene rings is 1. The molecule has 1 aliphatic rings. The Morgan fingerprint density at radius 2 is 1.96 bits per heavy atom. The van der Waals surface area contributed by atoms with Gasteiger partial charge in [0, 0.05) is 24.8 Å². The van der Waals surface area contributed by atoms with E-state index in [4.69, 9.17) is 0 Å². The van der Waals surface area contributed by atoms with Crippen LogP contribution in [0.2, 0.25) is 0 Å². The van der Waals surface area contributed by atoms with Crippen LogP contribution in [0.25, 0.3) is 0 Å². The first-order chi connectivity index (χ1) is 12.7. The predicted molar refractivity (Wildman–Crippen MR) is 94.0 cm³/mol. The van der Waals surface area contributed by atoms with E-state index < -0.39 is 38.9 Å². The summed E-state index contributed by atoms with van der Waals surface area (Å²) >= 11 is 0. The van der Waals surface area contributed by atoms with Gasteiger partial charge in [-0.1, -0.05) is 0 Å². The van der Waals surface area contributed by atoms with Gasteiger partial charge in [-0.05, 0) is 30.7 Å². The van der Waals surface area contributed by atoms with Crippen molar-refractivity contribution in [2.24, 2.45) is 0 Å². The zero-order chi connectivity index (χ0) is 19.8. The second-order valence-electron chi connectivity index (χ2n) is 6.25. The lowest BCUT2D eigenvalue weighted by Crippen LogP contribution is -2.33. The summed E-state index contributed by atoms with van der Waals surface area (Å²) in [4.78, 5) is 18.1. The largest absolute Gasteiger partial charge is 0.356 e. The van der Waals surface area contributed by atoms with Crippen molar-refractivity contribution in [3.8, 4) is 0 Å². The summed E-state index contributed by atoms with van der Waals surface area (Å²) in [6, 6.07) is 4.15. The van der Waals surface area contributed by atoms with Crippen LogP contribution in [0.5, 0.6) is 0 Å². The van der Waals surface area contributed by atoms with Gasteiger partial charge >= 0.3 is 0 Å². The number of carbonyl (C=O) groups excluding carboxylic acids is 1. The molecular weight excluding hydrogens is 383 g/mol. The first kappa shape index (κ1) is 19.2. The van der Waals surface area contributed by atoms with Gasteiger partial charge in [0.25, 0.3) is 5.91 Å². The molecule has 1 saturated heterocycles. The Labute approximate surface area is 153 Å². The van der Waals surface area contributed by atoms with Crippen LogP contribution in [0.3, 0.4) is 0 Å². The van der Waals surface area contributed by atoms with Crippen LogP contribution in [0.4, 0.5) is 24.7 Å². The van der Waals surface area contributed by atoms with E-state index in [9.17, 15) is 26.4 Å². The standard InChI is InChI=1S/C17H16F3N3O3S/c1-23(11-5-7-27(25,26)9-11)14-8-10(4-6-21-14)17(24)22-13-3-2-12(18)15(19)16(13)20/h2-4,6,8,11H,5,7,9H2,1H3,(H,22,24). The number of nitrogens with one attached hydrogen (secondary N) is 1. The number of pyridine rings is 1. The van der Waals surface area contributed by atoms with Crippen molar-refractivity contribution in [3.63, 3.8) is 0 Å². The molecule has 1 atom stereocenters. The molecule has 1 aromatic carbocycles. The maximum Gasteiger partial charge on any atom is 0.255 e. The molecule has 0 bridgehead atoms.